The van der Waals surface area contributed by atoms with E-state index in [2.05, 4.69) is 20.4 Å². The smallest absolute Gasteiger partial charge is 0.251 e. The van der Waals surface area contributed by atoms with E-state index in [1.807, 2.05) is 12.1 Å². The van der Waals surface area contributed by atoms with Crippen molar-refractivity contribution in [3.63, 3.8) is 0 Å². The third kappa shape index (κ3) is 3.54. The molecule has 0 unspecified atom stereocenters. The zero-order chi connectivity index (χ0) is 18.7. The quantitative estimate of drug-likeness (QED) is 0.739. The van der Waals surface area contributed by atoms with Crippen molar-refractivity contribution in [2.24, 2.45) is 0 Å². The second-order valence-corrected chi connectivity index (χ2v) is 6.63. The van der Waals surface area contributed by atoms with E-state index in [1.165, 1.54) is 46.7 Å². The fourth-order valence-corrected chi connectivity index (χ4v) is 3.15. The zero-order valence-electron chi connectivity index (χ0n) is 13.3. The molecule has 26 heavy (non-hydrogen) atoms. The summed E-state index contributed by atoms with van der Waals surface area (Å²) < 4.78 is 1.47. The number of carbonyl (C=O) groups excluding carboxylic acids is 1. The number of benzene rings is 1. The van der Waals surface area contributed by atoms with Crippen molar-refractivity contribution in [1.29, 1.82) is 10.5 Å². The van der Waals surface area contributed by atoms with Crippen LogP contribution in [0, 0.1) is 22.7 Å². The molecule has 1 aromatic carbocycles. The highest BCUT2D eigenvalue weighted by Gasteiger charge is 2.19. The number of hydrogen-bond donors (Lipinski definition) is 1. The van der Waals surface area contributed by atoms with Crippen LogP contribution >= 0.6 is 22.9 Å². The Morgan fingerprint density at radius 2 is 2.12 bits per heavy atom. The van der Waals surface area contributed by atoms with Crippen LogP contribution in [0.3, 0.4) is 0 Å². The molecule has 3 rings (SSSR count). The van der Waals surface area contributed by atoms with E-state index in [-0.39, 0.29) is 5.56 Å². The Morgan fingerprint density at radius 3 is 2.81 bits per heavy atom. The van der Waals surface area contributed by atoms with Gasteiger partial charge in [0.2, 0.25) is 5.13 Å². The molecule has 0 spiro atoms. The summed E-state index contributed by atoms with van der Waals surface area (Å²) in [5, 5.41) is 25.6. The van der Waals surface area contributed by atoms with Gasteiger partial charge in [0.05, 0.1) is 23.9 Å². The lowest BCUT2D eigenvalue weighted by atomic mass is 10.1. The summed E-state index contributed by atoms with van der Waals surface area (Å²) in [5.74, 6) is 0.0580. The third-order valence-electron chi connectivity index (χ3n) is 3.38. The van der Waals surface area contributed by atoms with Crippen LogP contribution in [0.1, 0.15) is 39.6 Å². The van der Waals surface area contributed by atoms with Gasteiger partial charge in [-0.2, -0.15) is 20.3 Å². The number of aromatic nitrogens is 4. The van der Waals surface area contributed by atoms with Gasteiger partial charge in [0.25, 0.3) is 5.91 Å². The van der Waals surface area contributed by atoms with E-state index < -0.39 is 11.9 Å². The number of thiazole rings is 1. The maximum absolute atomic E-state index is 12.5. The molecule has 1 amide bonds. The van der Waals surface area contributed by atoms with Crippen LogP contribution in [0.15, 0.2) is 30.7 Å². The molecule has 0 saturated carbocycles. The predicted octanol–water partition coefficient (Wildman–Crippen LogP) is 2.61. The van der Waals surface area contributed by atoms with Crippen molar-refractivity contribution in [1.82, 2.24) is 25.1 Å². The first-order chi connectivity index (χ1) is 12.5. The van der Waals surface area contributed by atoms with Gasteiger partial charge in [0.15, 0.2) is 5.82 Å². The summed E-state index contributed by atoms with van der Waals surface area (Å²) in [6.07, 6.45) is 2.79. The molecule has 10 heteroatoms. The van der Waals surface area contributed by atoms with E-state index >= 15 is 0 Å². The Balaban J connectivity index is 1.83. The molecule has 0 fully saturated rings. The summed E-state index contributed by atoms with van der Waals surface area (Å²) in [4.78, 5) is 21.2. The summed E-state index contributed by atoms with van der Waals surface area (Å²) >= 11 is 7.11. The van der Waals surface area contributed by atoms with Crippen LogP contribution in [0.5, 0.6) is 0 Å². The molecule has 8 nitrogen and oxygen atoms in total. The predicted molar refractivity (Wildman–Crippen MR) is 93.8 cm³/mol. The maximum atomic E-state index is 12.5. The number of carbonyl (C=O) groups is 1. The van der Waals surface area contributed by atoms with E-state index in [1.54, 1.807) is 6.92 Å². The molecule has 0 aliphatic rings. The lowest BCUT2D eigenvalue weighted by Crippen LogP contribution is -2.28. The highest BCUT2D eigenvalue weighted by molar-refractivity contribution is 7.14. The van der Waals surface area contributed by atoms with Crippen molar-refractivity contribution in [3.8, 4) is 17.3 Å². The van der Waals surface area contributed by atoms with E-state index in [0.717, 1.165) is 0 Å². The van der Waals surface area contributed by atoms with Crippen LogP contribution in [-0.2, 0) is 0 Å². The molecule has 0 aliphatic heterocycles. The van der Waals surface area contributed by atoms with E-state index in [4.69, 9.17) is 22.1 Å². The monoisotopic (exact) mass is 383 g/mol. The molecule has 0 saturated heterocycles. The molecule has 1 atom stereocenters. The molecule has 3 aromatic rings. The fourth-order valence-electron chi connectivity index (χ4n) is 2.24. The normalized spacial score (nSPS) is 11.4. The molecular weight excluding hydrogens is 374 g/mol. The minimum atomic E-state index is -0.496. The summed E-state index contributed by atoms with van der Waals surface area (Å²) in [6.45, 7) is 1.74. The number of nitrogens with zero attached hydrogens (tertiary/aromatic N) is 6. The van der Waals surface area contributed by atoms with Crippen LogP contribution < -0.4 is 5.32 Å². The van der Waals surface area contributed by atoms with Crippen molar-refractivity contribution in [3.05, 3.63) is 57.6 Å². The average molecular weight is 384 g/mol. The minimum absolute atomic E-state index is 0.271. The highest BCUT2D eigenvalue weighted by Crippen LogP contribution is 2.20. The van der Waals surface area contributed by atoms with Crippen LogP contribution in [-0.4, -0.2) is 25.7 Å². The number of amides is 1. The van der Waals surface area contributed by atoms with Gasteiger partial charge in [-0.3, -0.25) is 4.79 Å². The van der Waals surface area contributed by atoms with Gasteiger partial charge in [-0.15, -0.1) is 0 Å². The molecule has 0 aliphatic carbocycles. The molecule has 128 valence electrons. The number of nitrogens with one attached hydrogen (secondary N) is 1. The van der Waals surface area contributed by atoms with Gasteiger partial charge in [0.1, 0.15) is 17.3 Å². The summed E-state index contributed by atoms with van der Waals surface area (Å²) in [6, 6.07) is 7.89. The second-order valence-electron chi connectivity index (χ2n) is 5.18. The molecule has 2 aromatic heterocycles. The summed E-state index contributed by atoms with van der Waals surface area (Å²) in [7, 11) is 0. The van der Waals surface area contributed by atoms with Crippen LogP contribution in [0.2, 0.25) is 5.02 Å². The molecule has 0 bridgehead atoms. The first-order valence-corrected chi connectivity index (χ1v) is 8.49. The Morgan fingerprint density at radius 1 is 1.31 bits per heavy atom. The molecule has 0 radical (unpaired) electrons. The number of hydrogen-bond acceptors (Lipinski definition) is 7. The van der Waals surface area contributed by atoms with Gasteiger partial charge >= 0.3 is 0 Å². The second kappa shape index (κ2) is 7.31. The van der Waals surface area contributed by atoms with Gasteiger partial charge in [-0.25, -0.2) is 9.97 Å². The molecule has 1 N–H and O–H groups in total. The number of rotatable bonds is 4. The van der Waals surface area contributed by atoms with Gasteiger partial charge < -0.3 is 5.32 Å². The molecule has 2 heterocycles. The number of halogens is 1. The lowest BCUT2D eigenvalue weighted by molar-refractivity contribution is 0.0938. The Labute approximate surface area is 157 Å². The molecular formula is C16H10ClN7OS. The minimum Gasteiger partial charge on any atom is -0.342 e. The zero-order valence-corrected chi connectivity index (χ0v) is 14.9. The first kappa shape index (κ1) is 17.5. The fraction of sp³-hybridized carbons (Fsp3) is 0.125. The van der Waals surface area contributed by atoms with Gasteiger partial charge in [0, 0.05) is 10.6 Å². The first-order valence-electron chi connectivity index (χ1n) is 7.29. The topological polar surface area (TPSA) is 120 Å². The SMILES string of the molecule is C[C@H](NC(=O)c1cc(Cl)cc(C#N)c1)c1ncnn1-c1ncc(C#N)s1. The standard InChI is InChI=1S/C16H10ClN7OS/c1-9(23-15(25)11-2-10(5-18)3-12(17)4-11)14-21-8-22-24(14)16-20-7-13(6-19)26-16/h2-4,7-9H,1H3,(H,23,25)/t9-/m0/s1. The largest absolute Gasteiger partial charge is 0.342 e. The van der Waals surface area contributed by atoms with Crippen LogP contribution in [0.25, 0.3) is 5.13 Å². The van der Waals surface area contributed by atoms with Gasteiger partial charge in [-0.05, 0) is 25.1 Å². The Bertz CT molecular complexity index is 1060. The van der Waals surface area contributed by atoms with Crippen molar-refractivity contribution >= 4 is 28.8 Å². The summed E-state index contributed by atoms with van der Waals surface area (Å²) in [5.41, 5.74) is 0.568. The highest BCUT2D eigenvalue weighted by atomic mass is 35.5. The number of nitriles is 2. The lowest BCUT2D eigenvalue weighted by Gasteiger charge is -2.14. The van der Waals surface area contributed by atoms with Crippen LogP contribution in [0.4, 0.5) is 0 Å². The van der Waals surface area contributed by atoms with E-state index in [9.17, 15) is 4.79 Å². The Kier molecular flexibility index (Phi) is 4.94. The average Bonchev–Trinajstić information content (AvgIpc) is 3.29. The maximum Gasteiger partial charge on any atom is 0.251 e. The Hall–Kier alpha value is -3.27. The third-order valence-corrected chi connectivity index (χ3v) is 4.48. The van der Waals surface area contributed by atoms with Crippen molar-refractivity contribution in [2.75, 3.05) is 0 Å². The van der Waals surface area contributed by atoms with Gasteiger partial charge in [-0.1, -0.05) is 22.9 Å². The van der Waals surface area contributed by atoms with Crippen molar-refractivity contribution in [2.45, 2.75) is 13.0 Å². The van der Waals surface area contributed by atoms with Crippen molar-refractivity contribution < 1.29 is 4.79 Å². The van der Waals surface area contributed by atoms with E-state index in [0.29, 0.717) is 26.4 Å².